The third-order valence-electron chi connectivity index (χ3n) is 2.32. The molecule has 0 saturated carbocycles. The van der Waals surface area contributed by atoms with Gasteiger partial charge in [0.2, 0.25) is 17.4 Å². The standard InChI is InChI=1S/C12H6BrF4NO/c1-5-2-3-6(13)4-7(5)19-10-8(14)11(16)18-12(17)9(10)15/h2-4H,1H3. The highest BCUT2D eigenvalue weighted by Crippen LogP contribution is 2.32. The Hall–Kier alpha value is -1.63. The summed E-state index contributed by atoms with van der Waals surface area (Å²) < 4.78 is 58.1. The lowest BCUT2D eigenvalue weighted by Gasteiger charge is -2.11. The SMILES string of the molecule is Cc1ccc(Br)cc1Oc1c(F)c(F)nc(F)c1F. The molecule has 2 rings (SSSR count). The zero-order valence-corrected chi connectivity index (χ0v) is 11.1. The summed E-state index contributed by atoms with van der Waals surface area (Å²) in [6, 6.07) is 4.72. The summed E-state index contributed by atoms with van der Waals surface area (Å²) in [6.07, 6.45) is 0. The van der Waals surface area contributed by atoms with Gasteiger partial charge < -0.3 is 4.74 Å². The van der Waals surface area contributed by atoms with Crippen LogP contribution in [0.15, 0.2) is 22.7 Å². The normalized spacial score (nSPS) is 10.6. The van der Waals surface area contributed by atoms with Crippen molar-refractivity contribution < 1.29 is 22.3 Å². The Morgan fingerprint density at radius 2 is 1.63 bits per heavy atom. The minimum atomic E-state index is -1.76. The minimum absolute atomic E-state index is 0.0668. The topological polar surface area (TPSA) is 22.1 Å². The van der Waals surface area contributed by atoms with Crippen LogP contribution in [0.5, 0.6) is 11.5 Å². The molecule has 0 radical (unpaired) electrons. The number of pyridine rings is 1. The molecule has 0 aliphatic heterocycles. The lowest BCUT2D eigenvalue weighted by atomic mass is 10.2. The number of aromatic nitrogens is 1. The van der Waals surface area contributed by atoms with E-state index in [1.54, 1.807) is 19.1 Å². The van der Waals surface area contributed by atoms with Crippen molar-refractivity contribution in [3.8, 4) is 11.5 Å². The van der Waals surface area contributed by atoms with E-state index in [1.165, 1.54) is 6.07 Å². The maximum atomic E-state index is 13.4. The van der Waals surface area contributed by atoms with Crippen LogP contribution in [0.25, 0.3) is 0 Å². The van der Waals surface area contributed by atoms with Gasteiger partial charge in [0.15, 0.2) is 0 Å². The van der Waals surface area contributed by atoms with Crippen molar-refractivity contribution in [2.45, 2.75) is 6.92 Å². The smallest absolute Gasteiger partial charge is 0.255 e. The second-order valence-electron chi connectivity index (χ2n) is 3.66. The lowest BCUT2D eigenvalue weighted by molar-refractivity contribution is 0.342. The summed E-state index contributed by atoms with van der Waals surface area (Å²) in [5, 5.41) is 0. The van der Waals surface area contributed by atoms with Crippen LogP contribution in [0.1, 0.15) is 5.56 Å². The van der Waals surface area contributed by atoms with Crippen LogP contribution >= 0.6 is 15.9 Å². The Kier molecular flexibility index (Phi) is 3.75. The van der Waals surface area contributed by atoms with Gasteiger partial charge >= 0.3 is 0 Å². The molecule has 2 aromatic rings. The second-order valence-corrected chi connectivity index (χ2v) is 4.58. The molecule has 100 valence electrons. The first-order valence-corrected chi connectivity index (χ1v) is 5.83. The second kappa shape index (κ2) is 5.16. The maximum absolute atomic E-state index is 13.4. The Morgan fingerprint density at radius 1 is 1.05 bits per heavy atom. The van der Waals surface area contributed by atoms with Gasteiger partial charge in [0.25, 0.3) is 11.9 Å². The molecule has 7 heteroatoms. The molecule has 0 saturated heterocycles. The number of ether oxygens (including phenoxy) is 1. The van der Waals surface area contributed by atoms with Crippen LogP contribution < -0.4 is 4.74 Å². The van der Waals surface area contributed by atoms with Gasteiger partial charge in [0, 0.05) is 4.47 Å². The third-order valence-corrected chi connectivity index (χ3v) is 2.81. The monoisotopic (exact) mass is 335 g/mol. The molecular formula is C12H6BrF4NO. The number of rotatable bonds is 2. The van der Waals surface area contributed by atoms with Crippen molar-refractivity contribution in [3.05, 3.63) is 51.8 Å². The molecule has 0 unspecified atom stereocenters. The number of halogens is 5. The summed E-state index contributed by atoms with van der Waals surface area (Å²) in [4.78, 5) is 2.44. The highest BCUT2D eigenvalue weighted by Gasteiger charge is 2.23. The van der Waals surface area contributed by atoms with Gasteiger partial charge in [-0.2, -0.15) is 22.5 Å². The molecule has 0 N–H and O–H groups in total. The fourth-order valence-corrected chi connectivity index (χ4v) is 1.69. The van der Waals surface area contributed by atoms with Gasteiger partial charge in [-0.25, -0.2) is 0 Å². The van der Waals surface area contributed by atoms with E-state index < -0.39 is 29.3 Å². The van der Waals surface area contributed by atoms with Crippen molar-refractivity contribution in [1.29, 1.82) is 0 Å². The van der Waals surface area contributed by atoms with Crippen molar-refractivity contribution in [2.75, 3.05) is 0 Å². The number of benzene rings is 1. The van der Waals surface area contributed by atoms with Crippen LogP contribution in [0.4, 0.5) is 17.6 Å². The van der Waals surface area contributed by atoms with Crippen LogP contribution in [0.2, 0.25) is 0 Å². The number of nitrogens with zero attached hydrogens (tertiary/aromatic N) is 1. The summed E-state index contributed by atoms with van der Waals surface area (Å²) in [5.74, 6) is -7.98. The first-order valence-electron chi connectivity index (χ1n) is 5.04. The molecule has 0 aliphatic carbocycles. The van der Waals surface area contributed by atoms with Crippen LogP contribution in [0.3, 0.4) is 0 Å². The Bertz CT molecular complexity index is 622. The third kappa shape index (κ3) is 2.70. The fourth-order valence-electron chi connectivity index (χ4n) is 1.35. The number of aryl methyl sites for hydroxylation is 1. The highest BCUT2D eigenvalue weighted by molar-refractivity contribution is 9.10. The lowest BCUT2D eigenvalue weighted by Crippen LogP contribution is -2.03. The van der Waals surface area contributed by atoms with Crippen molar-refractivity contribution in [1.82, 2.24) is 4.98 Å². The first-order chi connectivity index (χ1) is 8.90. The van der Waals surface area contributed by atoms with Crippen LogP contribution in [-0.4, -0.2) is 4.98 Å². The van der Waals surface area contributed by atoms with E-state index in [0.29, 0.717) is 10.0 Å². The molecule has 0 bridgehead atoms. The van der Waals surface area contributed by atoms with Gasteiger partial charge in [-0.1, -0.05) is 22.0 Å². The number of hydrogen-bond donors (Lipinski definition) is 0. The molecule has 1 aromatic heterocycles. The van der Waals surface area contributed by atoms with Crippen molar-refractivity contribution in [3.63, 3.8) is 0 Å². The molecule has 0 amide bonds. The minimum Gasteiger partial charge on any atom is -0.450 e. The van der Waals surface area contributed by atoms with Gasteiger partial charge in [0.1, 0.15) is 5.75 Å². The van der Waals surface area contributed by atoms with Crippen LogP contribution in [0, 0.1) is 30.5 Å². The zero-order chi connectivity index (χ0) is 14.2. The molecule has 0 fully saturated rings. The van der Waals surface area contributed by atoms with E-state index in [1.807, 2.05) is 0 Å². The molecule has 2 nitrogen and oxygen atoms in total. The zero-order valence-electron chi connectivity index (χ0n) is 9.48. The summed E-state index contributed by atoms with van der Waals surface area (Å²) in [6.45, 7) is 1.62. The summed E-state index contributed by atoms with van der Waals surface area (Å²) >= 11 is 3.15. The molecule has 1 aromatic carbocycles. The van der Waals surface area contributed by atoms with E-state index in [2.05, 4.69) is 20.9 Å². The molecule has 19 heavy (non-hydrogen) atoms. The van der Waals surface area contributed by atoms with E-state index in [9.17, 15) is 17.6 Å². The van der Waals surface area contributed by atoms with Gasteiger partial charge in [0.05, 0.1) is 0 Å². The van der Waals surface area contributed by atoms with Crippen molar-refractivity contribution in [2.24, 2.45) is 0 Å². The highest BCUT2D eigenvalue weighted by atomic mass is 79.9. The Morgan fingerprint density at radius 3 is 2.21 bits per heavy atom. The molecule has 1 heterocycles. The molecule has 0 aliphatic rings. The quantitative estimate of drug-likeness (QED) is 0.595. The summed E-state index contributed by atoms with van der Waals surface area (Å²) in [5.41, 5.74) is 0.541. The number of hydrogen-bond acceptors (Lipinski definition) is 2. The van der Waals surface area contributed by atoms with Crippen LogP contribution in [-0.2, 0) is 0 Å². The molecule has 0 atom stereocenters. The van der Waals surface area contributed by atoms with Crippen molar-refractivity contribution >= 4 is 15.9 Å². The Labute approximate surface area is 114 Å². The van der Waals surface area contributed by atoms with Gasteiger partial charge in [-0.15, -0.1) is 0 Å². The Balaban J connectivity index is 2.52. The molecule has 0 spiro atoms. The van der Waals surface area contributed by atoms with E-state index in [0.717, 1.165) is 0 Å². The first kappa shape index (κ1) is 13.8. The van der Waals surface area contributed by atoms with E-state index >= 15 is 0 Å². The van der Waals surface area contributed by atoms with E-state index in [4.69, 9.17) is 4.74 Å². The largest absolute Gasteiger partial charge is 0.450 e. The van der Waals surface area contributed by atoms with Gasteiger partial charge in [-0.05, 0) is 24.6 Å². The van der Waals surface area contributed by atoms with Gasteiger partial charge in [-0.3, -0.25) is 0 Å². The predicted molar refractivity (Wildman–Crippen MR) is 63.0 cm³/mol. The summed E-state index contributed by atoms with van der Waals surface area (Å²) in [7, 11) is 0. The molecular weight excluding hydrogens is 330 g/mol. The predicted octanol–water partition coefficient (Wildman–Crippen LogP) is 4.50. The maximum Gasteiger partial charge on any atom is 0.255 e. The average molecular weight is 336 g/mol. The van der Waals surface area contributed by atoms with E-state index in [-0.39, 0.29) is 5.75 Å². The average Bonchev–Trinajstić information content (AvgIpc) is 2.36. The fraction of sp³-hybridized carbons (Fsp3) is 0.0833.